The molecule has 0 radical (unpaired) electrons. The lowest BCUT2D eigenvalue weighted by molar-refractivity contribution is 0.401. The number of halogens is 1. The Morgan fingerprint density at radius 1 is 0.846 bits per heavy atom. The first-order chi connectivity index (χ1) is 12.7. The number of nitrogens with one attached hydrogen (secondary N) is 2. The molecule has 2 N–H and O–H groups in total. The summed E-state index contributed by atoms with van der Waals surface area (Å²) < 4.78 is 0. The summed E-state index contributed by atoms with van der Waals surface area (Å²) in [6, 6.07) is 16.7. The zero-order chi connectivity index (χ0) is 17.6. The zero-order valence-electron chi connectivity index (χ0n) is 14.9. The molecule has 0 aromatic heterocycles. The van der Waals surface area contributed by atoms with Crippen molar-refractivity contribution in [2.24, 2.45) is 4.99 Å². The Kier molecular flexibility index (Phi) is 3.75. The summed E-state index contributed by atoms with van der Waals surface area (Å²) in [4.78, 5) is 5.35. The fourth-order valence-electron chi connectivity index (χ4n) is 4.49. The molecule has 3 nitrogen and oxygen atoms in total. The molecule has 0 amide bonds. The molecule has 4 heteroatoms. The molecule has 26 heavy (non-hydrogen) atoms. The van der Waals surface area contributed by atoms with Crippen LogP contribution in [0.15, 0.2) is 53.5 Å². The highest BCUT2D eigenvalue weighted by Gasteiger charge is 2.48. The van der Waals surface area contributed by atoms with Crippen molar-refractivity contribution in [3.8, 4) is 0 Å². The Labute approximate surface area is 159 Å². The van der Waals surface area contributed by atoms with Crippen LogP contribution in [0.5, 0.6) is 0 Å². The average Bonchev–Trinajstić information content (AvgIpc) is 3.44. The van der Waals surface area contributed by atoms with Gasteiger partial charge in [-0.25, -0.2) is 0 Å². The normalized spacial score (nSPS) is 23.8. The fourth-order valence-corrected chi connectivity index (χ4v) is 4.68. The predicted octanol–water partition coefficient (Wildman–Crippen LogP) is 5.97. The van der Waals surface area contributed by atoms with Gasteiger partial charge in [-0.3, -0.25) is 4.99 Å². The minimum absolute atomic E-state index is 0.0548. The molecular formula is C22H24ClN3. The Morgan fingerprint density at radius 2 is 1.62 bits per heavy atom. The van der Waals surface area contributed by atoms with E-state index in [1.165, 1.54) is 30.5 Å². The third-order valence-corrected chi connectivity index (χ3v) is 6.36. The maximum atomic E-state index is 6.25. The molecular weight excluding hydrogens is 342 g/mol. The molecule has 3 aliphatic rings. The summed E-state index contributed by atoms with van der Waals surface area (Å²) in [5.74, 6) is 1.12. The molecule has 1 heterocycles. The molecule has 0 unspecified atom stereocenters. The van der Waals surface area contributed by atoms with Gasteiger partial charge in [0.25, 0.3) is 0 Å². The number of nitrogens with zero attached hydrogens (tertiary/aromatic N) is 1. The molecule has 2 fully saturated rings. The van der Waals surface area contributed by atoms with Gasteiger partial charge < -0.3 is 10.6 Å². The van der Waals surface area contributed by atoms with Crippen LogP contribution >= 0.6 is 11.6 Å². The van der Waals surface area contributed by atoms with Gasteiger partial charge in [0.15, 0.2) is 0 Å². The van der Waals surface area contributed by atoms with Crippen molar-refractivity contribution in [2.75, 3.05) is 10.6 Å². The van der Waals surface area contributed by atoms with E-state index in [2.05, 4.69) is 47.0 Å². The minimum Gasteiger partial charge on any atom is -0.371 e. The first-order valence-corrected chi connectivity index (χ1v) is 10.1. The summed E-state index contributed by atoms with van der Waals surface area (Å²) in [5.41, 5.74) is 3.40. The third kappa shape index (κ3) is 2.69. The van der Waals surface area contributed by atoms with Crippen LogP contribution in [0.25, 0.3) is 0 Å². The lowest BCUT2D eigenvalue weighted by atomic mass is 9.79. The molecule has 0 atom stereocenters. The minimum atomic E-state index is -0.106. The van der Waals surface area contributed by atoms with E-state index in [1.807, 2.05) is 12.1 Å². The van der Waals surface area contributed by atoms with Crippen molar-refractivity contribution in [1.29, 1.82) is 0 Å². The van der Waals surface area contributed by atoms with Crippen molar-refractivity contribution in [3.05, 3.63) is 59.1 Å². The van der Waals surface area contributed by atoms with Crippen molar-refractivity contribution in [1.82, 2.24) is 0 Å². The summed E-state index contributed by atoms with van der Waals surface area (Å²) in [6.07, 6.45) is 8.28. The second kappa shape index (κ2) is 6.02. The largest absolute Gasteiger partial charge is 0.371 e. The van der Waals surface area contributed by atoms with Gasteiger partial charge in [0.2, 0.25) is 0 Å². The van der Waals surface area contributed by atoms with Crippen LogP contribution in [0.2, 0.25) is 5.02 Å². The van der Waals surface area contributed by atoms with Gasteiger partial charge >= 0.3 is 0 Å². The van der Waals surface area contributed by atoms with Gasteiger partial charge in [-0.2, -0.15) is 0 Å². The van der Waals surface area contributed by atoms with Crippen molar-refractivity contribution < 1.29 is 0 Å². The van der Waals surface area contributed by atoms with E-state index >= 15 is 0 Å². The van der Waals surface area contributed by atoms with Gasteiger partial charge in [-0.05, 0) is 55.5 Å². The monoisotopic (exact) mass is 365 g/mol. The molecule has 1 aliphatic heterocycles. The Balaban J connectivity index is 1.58. The van der Waals surface area contributed by atoms with E-state index in [-0.39, 0.29) is 11.1 Å². The lowest BCUT2D eigenvalue weighted by Gasteiger charge is -2.44. The molecule has 0 saturated heterocycles. The van der Waals surface area contributed by atoms with E-state index in [0.29, 0.717) is 0 Å². The first-order valence-electron chi connectivity index (χ1n) is 9.70. The number of para-hydroxylation sites is 2. The molecule has 2 aromatic rings. The van der Waals surface area contributed by atoms with Crippen LogP contribution in [-0.2, 0) is 5.54 Å². The predicted molar refractivity (Wildman–Crippen MR) is 109 cm³/mol. The topological polar surface area (TPSA) is 36.4 Å². The molecule has 2 saturated carbocycles. The highest BCUT2D eigenvalue weighted by Crippen LogP contribution is 2.51. The molecule has 0 bridgehead atoms. The van der Waals surface area contributed by atoms with Crippen molar-refractivity contribution in [3.63, 3.8) is 0 Å². The summed E-state index contributed by atoms with van der Waals surface area (Å²) in [7, 11) is 0. The molecule has 2 aromatic carbocycles. The van der Waals surface area contributed by atoms with Crippen LogP contribution in [0.3, 0.4) is 0 Å². The second-order valence-corrected chi connectivity index (χ2v) is 8.38. The highest BCUT2D eigenvalue weighted by molar-refractivity contribution is 6.30. The van der Waals surface area contributed by atoms with Gasteiger partial charge in [0.1, 0.15) is 5.84 Å². The van der Waals surface area contributed by atoms with Gasteiger partial charge in [0, 0.05) is 5.02 Å². The van der Waals surface area contributed by atoms with Crippen LogP contribution in [0, 0.1) is 0 Å². The van der Waals surface area contributed by atoms with Crippen molar-refractivity contribution >= 4 is 28.8 Å². The summed E-state index contributed by atoms with van der Waals surface area (Å²) >= 11 is 6.25. The molecule has 2 aliphatic carbocycles. The fraction of sp³-hybridized carbons (Fsp3) is 0.409. The number of benzene rings is 2. The van der Waals surface area contributed by atoms with Crippen LogP contribution in [-0.4, -0.2) is 11.4 Å². The lowest BCUT2D eigenvalue weighted by Crippen LogP contribution is -2.54. The van der Waals surface area contributed by atoms with E-state index in [1.54, 1.807) is 0 Å². The third-order valence-electron chi connectivity index (χ3n) is 6.13. The standard InChI is InChI=1S/C22H24ClN3/c23-17-8-6-7-16(15-17)21(13-14-21)26-20-22(11-4-1-5-12-22)25-19-10-3-2-9-18(19)24-20/h2-3,6-10,15,25H,1,4-5,11-14H2,(H,24,26). The van der Waals surface area contributed by atoms with Crippen molar-refractivity contribution in [2.45, 2.75) is 56.0 Å². The highest BCUT2D eigenvalue weighted by atomic mass is 35.5. The average molecular weight is 366 g/mol. The van der Waals surface area contributed by atoms with Gasteiger partial charge in [-0.1, -0.05) is 55.1 Å². The number of hydrogen-bond acceptors (Lipinski definition) is 2. The van der Waals surface area contributed by atoms with E-state index in [9.17, 15) is 0 Å². The zero-order valence-corrected chi connectivity index (χ0v) is 15.6. The first kappa shape index (κ1) is 16.2. The smallest absolute Gasteiger partial charge is 0.128 e. The summed E-state index contributed by atoms with van der Waals surface area (Å²) in [5, 5.41) is 8.34. The second-order valence-electron chi connectivity index (χ2n) is 7.94. The van der Waals surface area contributed by atoms with Gasteiger partial charge in [0.05, 0.1) is 22.5 Å². The quantitative estimate of drug-likeness (QED) is 0.688. The van der Waals surface area contributed by atoms with E-state index in [4.69, 9.17) is 16.6 Å². The number of anilines is 2. The SMILES string of the molecule is Clc1cccc(C2(N=C3Nc4ccccc4NC34CCCCC4)CC2)c1. The molecule has 1 spiro atoms. The maximum absolute atomic E-state index is 6.25. The maximum Gasteiger partial charge on any atom is 0.128 e. The Bertz CT molecular complexity index is 863. The molecule has 134 valence electrons. The number of amidine groups is 1. The number of fused-ring (bicyclic) bond motifs is 1. The van der Waals surface area contributed by atoms with E-state index in [0.717, 1.165) is 42.2 Å². The number of aliphatic imine (C=N–C) groups is 1. The van der Waals surface area contributed by atoms with Gasteiger partial charge in [-0.15, -0.1) is 0 Å². The van der Waals surface area contributed by atoms with Crippen LogP contribution in [0.4, 0.5) is 11.4 Å². The van der Waals surface area contributed by atoms with E-state index < -0.39 is 0 Å². The van der Waals surface area contributed by atoms with Crippen LogP contribution < -0.4 is 10.6 Å². The number of hydrogen-bond donors (Lipinski definition) is 2. The Hall–Kier alpha value is -2.00. The summed E-state index contributed by atoms with van der Waals surface area (Å²) in [6.45, 7) is 0. The van der Waals surface area contributed by atoms with Crippen LogP contribution in [0.1, 0.15) is 50.5 Å². The molecule has 5 rings (SSSR count). The number of rotatable bonds is 2. The Morgan fingerprint density at radius 3 is 2.35 bits per heavy atom.